The van der Waals surface area contributed by atoms with Crippen LogP contribution in [0, 0.1) is 9.39 Å². The van der Waals surface area contributed by atoms with Gasteiger partial charge in [0.25, 0.3) is 5.91 Å². The normalized spacial score (nSPS) is 10.2. The fourth-order valence-electron chi connectivity index (χ4n) is 1.64. The van der Waals surface area contributed by atoms with Gasteiger partial charge in [0, 0.05) is 3.57 Å². The van der Waals surface area contributed by atoms with Crippen LogP contribution in [0.25, 0.3) is 0 Å². The monoisotopic (exact) mass is 405 g/mol. The van der Waals surface area contributed by atoms with E-state index in [-0.39, 0.29) is 11.3 Å². The third-order valence-corrected chi connectivity index (χ3v) is 3.57. The first kappa shape index (κ1) is 15.0. The second-order valence-electron chi connectivity index (χ2n) is 3.89. The van der Waals surface area contributed by atoms with Crippen LogP contribution in [0.5, 0.6) is 0 Å². The average Bonchev–Trinajstić information content (AvgIpc) is 2.41. The molecule has 2 aromatic rings. The summed E-state index contributed by atoms with van der Waals surface area (Å²) in [6, 6.07) is 9.30. The Morgan fingerprint density at radius 2 is 2.05 bits per heavy atom. The highest BCUT2D eigenvalue weighted by atomic mass is 127. The standard InChI is InChI=1S/C13H10ClFIN3O/c14-9-6-7(16)4-5-11(9)18-13(20)8-2-1-3-10(15)12(8)19-17/h1-6,19H,17H2,(H,18,20). The molecule has 104 valence electrons. The topological polar surface area (TPSA) is 67.1 Å². The van der Waals surface area contributed by atoms with E-state index < -0.39 is 11.7 Å². The van der Waals surface area contributed by atoms with Gasteiger partial charge >= 0.3 is 0 Å². The molecule has 20 heavy (non-hydrogen) atoms. The van der Waals surface area contributed by atoms with Crippen molar-refractivity contribution in [2.45, 2.75) is 0 Å². The molecule has 0 saturated carbocycles. The van der Waals surface area contributed by atoms with Crippen LogP contribution in [0.1, 0.15) is 10.4 Å². The minimum absolute atomic E-state index is 0.0633. The molecule has 0 aromatic heterocycles. The number of hydrazine groups is 1. The number of anilines is 2. The molecule has 0 saturated heterocycles. The molecule has 0 atom stereocenters. The largest absolute Gasteiger partial charge is 0.321 e. The Labute approximate surface area is 133 Å². The zero-order valence-corrected chi connectivity index (χ0v) is 13.0. The summed E-state index contributed by atoms with van der Waals surface area (Å²) in [6.07, 6.45) is 0. The third kappa shape index (κ3) is 3.20. The highest BCUT2D eigenvalue weighted by Crippen LogP contribution is 2.26. The molecule has 0 radical (unpaired) electrons. The molecule has 0 heterocycles. The Bertz CT molecular complexity index is 666. The summed E-state index contributed by atoms with van der Waals surface area (Å²) in [6.45, 7) is 0. The minimum Gasteiger partial charge on any atom is -0.321 e. The molecule has 0 aliphatic carbocycles. The van der Waals surface area contributed by atoms with Crippen molar-refractivity contribution >= 4 is 51.5 Å². The Morgan fingerprint density at radius 3 is 2.70 bits per heavy atom. The SMILES string of the molecule is NNc1c(F)cccc1C(=O)Nc1ccc(I)cc1Cl. The number of nitrogens with two attached hydrogens (primary N) is 1. The second-order valence-corrected chi connectivity index (χ2v) is 5.54. The number of carbonyl (C=O) groups excluding carboxylic acids is 1. The molecule has 2 rings (SSSR count). The predicted molar refractivity (Wildman–Crippen MR) is 86.3 cm³/mol. The van der Waals surface area contributed by atoms with Gasteiger partial charge in [0.2, 0.25) is 0 Å². The predicted octanol–water partition coefficient (Wildman–Crippen LogP) is 3.62. The van der Waals surface area contributed by atoms with Crippen LogP contribution in [-0.4, -0.2) is 5.91 Å². The van der Waals surface area contributed by atoms with E-state index in [4.69, 9.17) is 17.4 Å². The first-order chi connectivity index (χ1) is 9.52. The van der Waals surface area contributed by atoms with Crippen molar-refractivity contribution in [2.75, 3.05) is 10.7 Å². The van der Waals surface area contributed by atoms with Crippen LogP contribution in [0.15, 0.2) is 36.4 Å². The summed E-state index contributed by atoms with van der Waals surface area (Å²) in [5, 5.41) is 3.03. The molecular formula is C13H10ClFIN3O. The van der Waals surface area contributed by atoms with E-state index in [1.807, 2.05) is 0 Å². The lowest BCUT2D eigenvalue weighted by Gasteiger charge is -2.11. The van der Waals surface area contributed by atoms with Crippen molar-refractivity contribution in [2.24, 2.45) is 5.84 Å². The maximum atomic E-state index is 13.5. The summed E-state index contributed by atoms with van der Waals surface area (Å²) >= 11 is 8.14. The van der Waals surface area contributed by atoms with Crippen LogP contribution in [0.2, 0.25) is 5.02 Å². The summed E-state index contributed by atoms with van der Waals surface area (Å²) in [4.78, 5) is 12.1. The van der Waals surface area contributed by atoms with Crippen molar-refractivity contribution in [1.29, 1.82) is 0 Å². The zero-order chi connectivity index (χ0) is 14.7. The first-order valence-electron chi connectivity index (χ1n) is 5.54. The van der Waals surface area contributed by atoms with Crippen molar-refractivity contribution in [1.82, 2.24) is 0 Å². The van der Waals surface area contributed by atoms with E-state index in [2.05, 4.69) is 33.3 Å². The zero-order valence-electron chi connectivity index (χ0n) is 10.1. The van der Waals surface area contributed by atoms with E-state index in [0.717, 1.165) is 3.57 Å². The summed E-state index contributed by atoms with van der Waals surface area (Å²) in [7, 11) is 0. The lowest BCUT2D eigenvalue weighted by Crippen LogP contribution is -2.18. The molecule has 4 nitrogen and oxygen atoms in total. The smallest absolute Gasteiger partial charge is 0.257 e. The summed E-state index contributed by atoms with van der Waals surface area (Å²) < 4.78 is 14.5. The van der Waals surface area contributed by atoms with Crippen molar-refractivity contribution in [3.8, 4) is 0 Å². The number of para-hydroxylation sites is 1. The highest BCUT2D eigenvalue weighted by molar-refractivity contribution is 14.1. The van der Waals surface area contributed by atoms with Gasteiger partial charge in [-0.3, -0.25) is 10.6 Å². The minimum atomic E-state index is -0.603. The Balaban J connectivity index is 2.31. The fourth-order valence-corrected chi connectivity index (χ4v) is 2.54. The van der Waals surface area contributed by atoms with Gasteiger partial charge in [-0.2, -0.15) is 0 Å². The van der Waals surface area contributed by atoms with Gasteiger partial charge in [-0.15, -0.1) is 0 Å². The lowest BCUT2D eigenvalue weighted by atomic mass is 10.1. The maximum Gasteiger partial charge on any atom is 0.257 e. The number of carbonyl (C=O) groups is 1. The summed E-state index contributed by atoms with van der Waals surface area (Å²) in [5.41, 5.74) is 2.67. The van der Waals surface area contributed by atoms with E-state index in [0.29, 0.717) is 10.7 Å². The number of nitrogen functional groups attached to an aromatic ring is 1. The van der Waals surface area contributed by atoms with Crippen LogP contribution >= 0.6 is 34.2 Å². The molecule has 4 N–H and O–H groups in total. The lowest BCUT2D eigenvalue weighted by molar-refractivity contribution is 0.102. The Morgan fingerprint density at radius 1 is 1.30 bits per heavy atom. The van der Waals surface area contributed by atoms with Gasteiger partial charge in [-0.05, 0) is 52.9 Å². The van der Waals surface area contributed by atoms with Gasteiger partial charge in [-0.1, -0.05) is 17.7 Å². The number of hydrogen-bond donors (Lipinski definition) is 3. The van der Waals surface area contributed by atoms with E-state index in [1.54, 1.807) is 18.2 Å². The van der Waals surface area contributed by atoms with Crippen LogP contribution in [0.3, 0.4) is 0 Å². The van der Waals surface area contributed by atoms with Gasteiger partial charge in [0.15, 0.2) is 0 Å². The molecule has 0 spiro atoms. The summed E-state index contributed by atoms with van der Waals surface area (Å²) in [5.74, 6) is 4.13. The molecule has 0 bridgehead atoms. The molecule has 7 heteroatoms. The number of benzene rings is 2. The fraction of sp³-hybridized carbons (Fsp3) is 0. The van der Waals surface area contributed by atoms with Crippen molar-refractivity contribution in [3.63, 3.8) is 0 Å². The number of halogens is 3. The van der Waals surface area contributed by atoms with Gasteiger partial charge < -0.3 is 10.7 Å². The molecule has 0 unspecified atom stereocenters. The molecule has 0 aliphatic rings. The number of hydrogen-bond acceptors (Lipinski definition) is 3. The molecular weight excluding hydrogens is 396 g/mol. The number of rotatable bonds is 3. The van der Waals surface area contributed by atoms with E-state index >= 15 is 0 Å². The van der Waals surface area contributed by atoms with Crippen LogP contribution in [0.4, 0.5) is 15.8 Å². The third-order valence-electron chi connectivity index (χ3n) is 2.58. The van der Waals surface area contributed by atoms with Gasteiger partial charge in [0.1, 0.15) is 5.82 Å². The van der Waals surface area contributed by atoms with Gasteiger partial charge in [-0.25, -0.2) is 4.39 Å². The molecule has 0 aliphatic heterocycles. The second kappa shape index (κ2) is 6.38. The molecule has 1 amide bonds. The number of amides is 1. The highest BCUT2D eigenvalue weighted by Gasteiger charge is 2.15. The van der Waals surface area contributed by atoms with Crippen molar-refractivity contribution < 1.29 is 9.18 Å². The quantitative estimate of drug-likeness (QED) is 0.415. The Hall–Kier alpha value is -1.38. The Kier molecular flexibility index (Phi) is 4.79. The molecule has 2 aromatic carbocycles. The number of nitrogens with one attached hydrogen (secondary N) is 2. The van der Waals surface area contributed by atoms with Crippen LogP contribution in [-0.2, 0) is 0 Å². The maximum absolute atomic E-state index is 13.5. The van der Waals surface area contributed by atoms with Crippen LogP contribution < -0.4 is 16.6 Å². The van der Waals surface area contributed by atoms with Gasteiger partial charge in [0.05, 0.1) is 22.0 Å². The molecule has 0 fully saturated rings. The first-order valence-corrected chi connectivity index (χ1v) is 7.00. The van der Waals surface area contributed by atoms with Crippen molar-refractivity contribution in [3.05, 3.63) is 56.4 Å². The average molecular weight is 406 g/mol. The van der Waals surface area contributed by atoms with E-state index in [9.17, 15) is 9.18 Å². The van der Waals surface area contributed by atoms with E-state index in [1.165, 1.54) is 18.2 Å².